The van der Waals surface area contributed by atoms with Gasteiger partial charge in [0.1, 0.15) is 24.1 Å². The zero-order valence-electron chi connectivity index (χ0n) is 18.1. The fraction of sp³-hybridized carbons (Fsp3) is 0.240. The van der Waals surface area contributed by atoms with Gasteiger partial charge in [-0.15, -0.1) is 0 Å². The number of imide groups is 1. The highest BCUT2D eigenvalue weighted by Gasteiger charge is 2.34. The van der Waals surface area contributed by atoms with Crippen molar-refractivity contribution < 1.29 is 23.5 Å². The van der Waals surface area contributed by atoms with Crippen LogP contribution in [0.25, 0.3) is 6.08 Å². The lowest BCUT2D eigenvalue weighted by Crippen LogP contribution is -2.42. The second-order valence-electron chi connectivity index (χ2n) is 7.08. The van der Waals surface area contributed by atoms with E-state index in [1.54, 1.807) is 50.3 Å². The highest BCUT2D eigenvalue weighted by atomic mass is 19.1. The smallest absolute Gasteiger partial charge is 0.271 e. The molecule has 0 radical (unpaired) electrons. The largest absolute Gasteiger partial charge is 0.490 e. The minimum Gasteiger partial charge on any atom is -0.490 e. The molecule has 0 aromatic heterocycles. The summed E-state index contributed by atoms with van der Waals surface area (Å²) in [5.41, 5.74) is 2.06. The van der Waals surface area contributed by atoms with E-state index < -0.39 is 11.8 Å². The topological polar surface area (TPSA) is 79.6 Å². The fourth-order valence-corrected chi connectivity index (χ4v) is 3.33. The molecule has 6 nitrogen and oxygen atoms in total. The van der Waals surface area contributed by atoms with Gasteiger partial charge in [0.15, 0.2) is 11.5 Å². The number of hydrogen-bond acceptors (Lipinski definition) is 5. The Morgan fingerprint density at radius 3 is 2.38 bits per heavy atom. The molecule has 32 heavy (non-hydrogen) atoms. The van der Waals surface area contributed by atoms with Gasteiger partial charge in [-0.2, -0.15) is 5.26 Å². The molecule has 0 saturated heterocycles. The van der Waals surface area contributed by atoms with Crippen LogP contribution in [0.1, 0.15) is 31.9 Å². The van der Waals surface area contributed by atoms with Crippen LogP contribution in [0.4, 0.5) is 4.39 Å². The zero-order chi connectivity index (χ0) is 23.3. The van der Waals surface area contributed by atoms with E-state index in [0.29, 0.717) is 29.2 Å². The van der Waals surface area contributed by atoms with Crippen molar-refractivity contribution in [3.8, 4) is 17.6 Å². The van der Waals surface area contributed by atoms with E-state index >= 15 is 0 Å². The number of likely N-dealkylation sites (N-methyl/N-ethyl adjacent to an activating group) is 1. The number of carbonyl (C=O) groups excluding carboxylic acids is 2. The summed E-state index contributed by atoms with van der Waals surface area (Å²) in [5, 5.41) is 9.38. The van der Waals surface area contributed by atoms with Crippen LogP contribution in [0.2, 0.25) is 0 Å². The molecule has 0 atom stereocenters. The molecule has 0 unspecified atom stereocenters. The predicted molar refractivity (Wildman–Crippen MR) is 117 cm³/mol. The minimum atomic E-state index is -0.575. The van der Waals surface area contributed by atoms with Gasteiger partial charge in [0, 0.05) is 12.1 Å². The average molecular weight is 434 g/mol. The quantitative estimate of drug-likeness (QED) is 0.476. The van der Waals surface area contributed by atoms with Gasteiger partial charge in [-0.05, 0) is 67.8 Å². The lowest BCUT2D eigenvalue weighted by molar-refractivity contribution is -0.140. The van der Waals surface area contributed by atoms with Crippen molar-refractivity contribution >= 4 is 17.9 Å². The number of carbonyl (C=O) groups is 2. The molecule has 0 spiro atoms. The second kappa shape index (κ2) is 9.92. The van der Waals surface area contributed by atoms with Crippen LogP contribution in [0.15, 0.2) is 59.2 Å². The Morgan fingerprint density at radius 1 is 1.03 bits per heavy atom. The number of amides is 2. The maximum absolute atomic E-state index is 13.1. The van der Waals surface area contributed by atoms with E-state index in [-0.39, 0.29) is 30.1 Å². The monoisotopic (exact) mass is 434 g/mol. The Hall–Kier alpha value is -3.92. The van der Waals surface area contributed by atoms with Crippen LogP contribution >= 0.6 is 0 Å². The number of halogens is 1. The van der Waals surface area contributed by atoms with E-state index in [1.165, 1.54) is 12.1 Å². The molecular formula is C25H23FN2O4. The number of hydrogen-bond donors (Lipinski definition) is 0. The van der Waals surface area contributed by atoms with Gasteiger partial charge >= 0.3 is 0 Å². The van der Waals surface area contributed by atoms with Crippen molar-refractivity contribution in [3.63, 3.8) is 0 Å². The Labute approximate surface area is 186 Å². The first-order valence-electron chi connectivity index (χ1n) is 10.2. The average Bonchev–Trinajstić information content (AvgIpc) is 2.78. The van der Waals surface area contributed by atoms with Crippen molar-refractivity contribution in [2.75, 3.05) is 13.2 Å². The zero-order valence-corrected chi connectivity index (χ0v) is 18.1. The van der Waals surface area contributed by atoms with Crippen molar-refractivity contribution in [3.05, 3.63) is 76.1 Å². The van der Waals surface area contributed by atoms with E-state index in [1.807, 2.05) is 13.0 Å². The van der Waals surface area contributed by atoms with Gasteiger partial charge in [0.05, 0.1) is 6.61 Å². The Balaban J connectivity index is 1.93. The van der Waals surface area contributed by atoms with Gasteiger partial charge in [0.2, 0.25) is 0 Å². The number of rotatable bonds is 7. The van der Waals surface area contributed by atoms with Crippen molar-refractivity contribution in [1.29, 1.82) is 5.26 Å². The molecule has 164 valence electrons. The molecule has 0 saturated carbocycles. The lowest BCUT2D eigenvalue weighted by atomic mass is 9.93. The van der Waals surface area contributed by atoms with Gasteiger partial charge < -0.3 is 9.47 Å². The van der Waals surface area contributed by atoms with Crippen molar-refractivity contribution in [2.24, 2.45) is 0 Å². The normalized spacial score (nSPS) is 15.2. The molecule has 7 heteroatoms. The summed E-state index contributed by atoms with van der Waals surface area (Å²) in [6.45, 7) is 5.94. The fourth-order valence-electron chi connectivity index (χ4n) is 3.33. The summed E-state index contributed by atoms with van der Waals surface area (Å²) in [5.74, 6) is -0.343. The molecule has 1 aliphatic rings. The molecule has 3 rings (SSSR count). The Kier molecular flexibility index (Phi) is 7.06. The van der Waals surface area contributed by atoms with Crippen LogP contribution in [0.5, 0.6) is 11.5 Å². The molecule has 0 fully saturated rings. The van der Waals surface area contributed by atoms with Crippen LogP contribution in [-0.2, 0) is 16.2 Å². The summed E-state index contributed by atoms with van der Waals surface area (Å²) >= 11 is 0. The molecule has 1 aliphatic heterocycles. The Morgan fingerprint density at radius 2 is 1.75 bits per heavy atom. The summed E-state index contributed by atoms with van der Waals surface area (Å²) in [6.07, 6.45) is 1.64. The number of benzene rings is 2. The molecular weight excluding hydrogens is 411 g/mol. The molecule has 0 N–H and O–H groups in total. The van der Waals surface area contributed by atoms with Crippen LogP contribution in [0, 0.1) is 17.1 Å². The number of ether oxygens (including phenoxy) is 2. The SMILES string of the molecule is CCOc1cc(/C=C2/C(=O)N(CC)C(=O)C(C#N)=C2C)ccc1OCc1ccc(F)cc1. The minimum absolute atomic E-state index is 0.0398. The summed E-state index contributed by atoms with van der Waals surface area (Å²) in [4.78, 5) is 26.2. The third kappa shape index (κ3) is 4.70. The molecule has 2 amide bonds. The molecule has 1 heterocycles. The van der Waals surface area contributed by atoms with Gasteiger partial charge in [-0.1, -0.05) is 18.2 Å². The van der Waals surface area contributed by atoms with Crippen molar-refractivity contribution in [2.45, 2.75) is 27.4 Å². The van der Waals surface area contributed by atoms with Gasteiger partial charge in [-0.25, -0.2) is 4.39 Å². The predicted octanol–water partition coefficient (Wildman–Crippen LogP) is 4.42. The highest BCUT2D eigenvalue weighted by molar-refractivity contribution is 6.19. The molecule has 0 aliphatic carbocycles. The summed E-state index contributed by atoms with van der Waals surface area (Å²) < 4.78 is 24.6. The van der Waals surface area contributed by atoms with Gasteiger partial charge in [-0.3, -0.25) is 14.5 Å². The standard InChI is InChI=1S/C25H23FN2O4/c1-4-28-24(29)20(16(3)21(14-27)25(28)30)12-18-8-11-22(23(13-18)31-5-2)32-15-17-6-9-19(26)10-7-17/h6-13H,4-5,15H2,1-3H3/b20-12+. The first-order chi connectivity index (χ1) is 15.4. The van der Waals surface area contributed by atoms with E-state index in [9.17, 15) is 19.2 Å². The second-order valence-corrected chi connectivity index (χ2v) is 7.08. The maximum Gasteiger partial charge on any atom is 0.271 e. The third-order valence-corrected chi connectivity index (χ3v) is 5.03. The van der Waals surface area contributed by atoms with Crippen LogP contribution in [-0.4, -0.2) is 29.9 Å². The van der Waals surface area contributed by atoms with E-state index in [4.69, 9.17) is 9.47 Å². The third-order valence-electron chi connectivity index (χ3n) is 5.03. The molecule has 2 aromatic rings. The van der Waals surface area contributed by atoms with E-state index in [2.05, 4.69) is 0 Å². The highest BCUT2D eigenvalue weighted by Crippen LogP contribution is 2.32. The Bertz CT molecular complexity index is 1140. The lowest BCUT2D eigenvalue weighted by Gasteiger charge is -2.26. The molecule has 2 aromatic carbocycles. The van der Waals surface area contributed by atoms with Crippen LogP contribution in [0.3, 0.4) is 0 Å². The first kappa shape index (κ1) is 22.8. The molecule has 0 bridgehead atoms. The van der Waals surface area contributed by atoms with Crippen LogP contribution < -0.4 is 9.47 Å². The van der Waals surface area contributed by atoms with E-state index in [0.717, 1.165) is 10.5 Å². The summed E-state index contributed by atoms with van der Waals surface area (Å²) in [6, 6.07) is 13.1. The van der Waals surface area contributed by atoms with Crippen molar-refractivity contribution in [1.82, 2.24) is 4.90 Å². The number of nitrogens with zero attached hydrogens (tertiary/aromatic N) is 2. The van der Waals surface area contributed by atoms with Gasteiger partial charge in [0.25, 0.3) is 11.8 Å². The summed E-state index contributed by atoms with van der Waals surface area (Å²) in [7, 11) is 0. The maximum atomic E-state index is 13.1. The number of nitriles is 1. The first-order valence-corrected chi connectivity index (χ1v) is 10.2.